The number of carbonyl (C=O) groups is 2. The van der Waals surface area contributed by atoms with Crippen LogP contribution in [0, 0.1) is 5.92 Å². The van der Waals surface area contributed by atoms with Gasteiger partial charge in [0.05, 0.1) is 6.54 Å². The van der Waals surface area contributed by atoms with Gasteiger partial charge in [-0.2, -0.15) is 0 Å². The quantitative estimate of drug-likeness (QED) is 0.806. The highest BCUT2D eigenvalue weighted by atomic mass is 16.5. The van der Waals surface area contributed by atoms with E-state index >= 15 is 0 Å². The second kappa shape index (κ2) is 7.26. The van der Waals surface area contributed by atoms with Crippen molar-refractivity contribution in [1.29, 1.82) is 0 Å². The van der Waals surface area contributed by atoms with Crippen LogP contribution < -0.4 is 0 Å². The van der Waals surface area contributed by atoms with E-state index in [2.05, 4.69) is 9.55 Å². The molecule has 0 aromatic carbocycles. The molecule has 1 aliphatic carbocycles. The fraction of sp³-hybridized carbons (Fsp3) is 0.750. The SMILES string of the molecule is CCN(CC)C(=O)C1Cn2ccnc2C2(CCN(C(=O)C3CCC3)CC2)O1. The molecule has 4 rings (SSSR count). The molecule has 1 saturated carbocycles. The van der Waals surface area contributed by atoms with E-state index in [4.69, 9.17) is 4.74 Å². The second-order valence-electron chi connectivity index (χ2n) is 7.97. The first-order chi connectivity index (χ1) is 13.1. The minimum absolute atomic E-state index is 0.0479. The van der Waals surface area contributed by atoms with Gasteiger partial charge in [-0.15, -0.1) is 0 Å². The largest absolute Gasteiger partial charge is 0.352 e. The second-order valence-corrected chi connectivity index (χ2v) is 7.97. The molecule has 2 aliphatic heterocycles. The molecule has 3 heterocycles. The first-order valence-electron chi connectivity index (χ1n) is 10.3. The van der Waals surface area contributed by atoms with E-state index in [1.807, 2.05) is 29.8 Å². The van der Waals surface area contributed by atoms with Crippen LogP contribution in [-0.2, 0) is 26.5 Å². The van der Waals surface area contributed by atoms with Crippen LogP contribution in [0.2, 0.25) is 0 Å². The topological polar surface area (TPSA) is 67.7 Å². The summed E-state index contributed by atoms with van der Waals surface area (Å²) in [6, 6.07) is 0. The number of fused-ring (bicyclic) bond motifs is 2. The Balaban J connectivity index is 1.51. The molecule has 1 saturated heterocycles. The predicted octanol–water partition coefficient (Wildman–Crippen LogP) is 1.77. The first-order valence-corrected chi connectivity index (χ1v) is 10.3. The predicted molar refractivity (Wildman–Crippen MR) is 99.9 cm³/mol. The van der Waals surface area contributed by atoms with E-state index in [0.717, 1.165) is 18.7 Å². The zero-order chi connectivity index (χ0) is 19.0. The highest BCUT2D eigenvalue weighted by molar-refractivity contribution is 5.81. The maximum atomic E-state index is 12.9. The zero-order valence-electron chi connectivity index (χ0n) is 16.4. The highest BCUT2D eigenvalue weighted by Gasteiger charge is 2.48. The molecule has 7 nitrogen and oxygen atoms in total. The van der Waals surface area contributed by atoms with Crippen molar-refractivity contribution in [1.82, 2.24) is 19.4 Å². The van der Waals surface area contributed by atoms with Crippen molar-refractivity contribution in [3.8, 4) is 0 Å². The number of carbonyl (C=O) groups excluding carboxylic acids is 2. The maximum Gasteiger partial charge on any atom is 0.253 e. The molecular formula is C20H30N4O3. The van der Waals surface area contributed by atoms with E-state index < -0.39 is 11.7 Å². The number of ether oxygens (including phenoxy) is 1. The fourth-order valence-corrected chi connectivity index (χ4v) is 4.61. The van der Waals surface area contributed by atoms with E-state index in [1.54, 1.807) is 6.20 Å². The molecule has 1 unspecified atom stereocenters. The third-order valence-electron chi connectivity index (χ3n) is 6.54. The number of rotatable bonds is 4. The molecule has 148 valence electrons. The number of piperidine rings is 1. The van der Waals surface area contributed by atoms with Gasteiger partial charge in [0.1, 0.15) is 11.4 Å². The van der Waals surface area contributed by atoms with Crippen LogP contribution in [-0.4, -0.2) is 63.4 Å². The lowest BCUT2D eigenvalue weighted by atomic mass is 9.82. The minimum Gasteiger partial charge on any atom is -0.352 e. The molecule has 27 heavy (non-hydrogen) atoms. The Morgan fingerprint density at radius 2 is 1.96 bits per heavy atom. The number of amides is 2. The molecule has 1 atom stereocenters. The number of likely N-dealkylation sites (N-methyl/N-ethyl adjacent to an activating group) is 1. The van der Waals surface area contributed by atoms with Gasteiger partial charge in [-0.25, -0.2) is 4.98 Å². The highest BCUT2D eigenvalue weighted by Crippen LogP contribution is 2.41. The Bertz CT molecular complexity index is 700. The third-order valence-corrected chi connectivity index (χ3v) is 6.54. The molecule has 7 heteroatoms. The number of hydrogen-bond donors (Lipinski definition) is 0. The summed E-state index contributed by atoms with van der Waals surface area (Å²) in [5, 5.41) is 0. The Labute approximate surface area is 160 Å². The van der Waals surface area contributed by atoms with Crippen molar-refractivity contribution in [2.45, 2.75) is 64.2 Å². The van der Waals surface area contributed by atoms with Crippen molar-refractivity contribution in [3.63, 3.8) is 0 Å². The summed E-state index contributed by atoms with van der Waals surface area (Å²) in [5.74, 6) is 1.48. The standard InChI is InChI=1S/C20H30N4O3/c1-3-22(4-2)18(26)16-14-24-13-10-21-19(24)20(27-16)8-11-23(12-9-20)17(25)15-6-5-7-15/h10,13,15-16H,3-9,11-12,14H2,1-2H3. The smallest absolute Gasteiger partial charge is 0.253 e. The van der Waals surface area contributed by atoms with Gasteiger partial charge in [-0.1, -0.05) is 6.42 Å². The third kappa shape index (κ3) is 3.16. The van der Waals surface area contributed by atoms with E-state index in [1.165, 1.54) is 6.42 Å². The molecule has 1 aromatic rings. The number of likely N-dealkylation sites (tertiary alicyclic amines) is 1. The van der Waals surface area contributed by atoms with Crippen LogP contribution >= 0.6 is 0 Å². The average Bonchev–Trinajstić information content (AvgIpc) is 3.11. The van der Waals surface area contributed by atoms with Gasteiger partial charge in [-0.05, 0) is 26.7 Å². The molecule has 0 bridgehead atoms. The number of hydrogen-bond acceptors (Lipinski definition) is 4. The molecule has 0 radical (unpaired) electrons. The molecule has 1 aromatic heterocycles. The molecule has 1 spiro atoms. The van der Waals surface area contributed by atoms with Crippen LogP contribution in [0.1, 0.15) is 51.8 Å². The maximum absolute atomic E-state index is 12.9. The van der Waals surface area contributed by atoms with Crippen LogP contribution in [0.4, 0.5) is 0 Å². The monoisotopic (exact) mass is 374 g/mol. The van der Waals surface area contributed by atoms with Gasteiger partial charge in [0.25, 0.3) is 5.91 Å². The summed E-state index contributed by atoms with van der Waals surface area (Å²) in [4.78, 5) is 33.9. The van der Waals surface area contributed by atoms with Crippen molar-refractivity contribution < 1.29 is 14.3 Å². The molecular weight excluding hydrogens is 344 g/mol. The Morgan fingerprint density at radius 3 is 2.56 bits per heavy atom. The van der Waals surface area contributed by atoms with Crippen molar-refractivity contribution in [2.24, 2.45) is 5.92 Å². The van der Waals surface area contributed by atoms with Crippen molar-refractivity contribution >= 4 is 11.8 Å². The summed E-state index contributed by atoms with van der Waals surface area (Å²) in [6.07, 6.45) is 7.87. The lowest BCUT2D eigenvalue weighted by Gasteiger charge is -2.46. The first kappa shape index (κ1) is 18.5. The zero-order valence-corrected chi connectivity index (χ0v) is 16.4. The summed E-state index contributed by atoms with van der Waals surface area (Å²) in [5.41, 5.74) is -0.564. The van der Waals surface area contributed by atoms with Gasteiger partial charge in [0, 0.05) is 57.3 Å². The van der Waals surface area contributed by atoms with E-state index in [-0.39, 0.29) is 11.8 Å². The van der Waals surface area contributed by atoms with Crippen LogP contribution in [0.5, 0.6) is 0 Å². The van der Waals surface area contributed by atoms with Gasteiger partial charge in [0.2, 0.25) is 5.91 Å². The van der Waals surface area contributed by atoms with Crippen LogP contribution in [0.3, 0.4) is 0 Å². The summed E-state index contributed by atoms with van der Waals surface area (Å²) >= 11 is 0. The van der Waals surface area contributed by atoms with Crippen LogP contribution in [0.15, 0.2) is 12.4 Å². The minimum atomic E-state index is -0.564. The summed E-state index contributed by atoms with van der Waals surface area (Å²) in [7, 11) is 0. The molecule has 2 amide bonds. The van der Waals surface area contributed by atoms with Crippen molar-refractivity contribution in [2.75, 3.05) is 26.2 Å². The van der Waals surface area contributed by atoms with Crippen LogP contribution in [0.25, 0.3) is 0 Å². The Kier molecular flexibility index (Phi) is 4.97. The van der Waals surface area contributed by atoms with Gasteiger partial charge >= 0.3 is 0 Å². The van der Waals surface area contributed by atoms with Gasteiger partial charge in [-0.3, -0.25) is 9.59 Å². The average molecular weight is 374 g/mol. The Morgan fingerprint density at radius 1 is 1.26 bits per heavy atom. The molecule has 0 N–H and O–H groups in total. The fourth-order valence-electron chi connectivity index (χ4n) is 4.61. The normalized spacial score (nSPS) is 24.4. The number of aromatic nitrogens is 2. The number of imidazole rings is 1. The van der Waals surface area contributed by atoms with E-state index in [0.29, 0.717) is 51.5 Å². The molecule has 2 fully saturated rings. The summed E-state index contributed by atoms with van der Waals surface area (Å²) < 4.78 is 8.53. The number of nitrogens with zero attached hydrogens (tertiary/aromatic N) is 4. The van der Waals surface area contributed by atoms with E-state index in [9.17, 15) is 9.59 Å². The molecule has 3 aliphatic rings. The van der Waals surface area contributed by atoms with Crippen molar-refractivity contribution in [3.05, 3.63) is 18.2 Å². The lowest BCUT2D eigenvalue weighted by Crippen LogP contribution is -2.55. The Hall–Kier alpha value is -1.89. The van der Waals surface area contributed by atoms with Gasteiger partial charge in [0.15, 0.2) is 6.10 Å². The van der Waals surface area contributed by atoms with Gasteiger partial charge < -0.3 is 19.1 Å². The lowest BCUT2D eigenvalue weighted by molar-refractivity contribution is -0.183. The summed E-state index contributed by atoms with van der Waals surface area (Å²) in [6.45, 7) is 7.21.